The second-order valence-electron chi connectivity index (χ2n) is 5.00. The average Bonchev–Trinajstić information content (AvgIpc) is 2.48. The summed E-state index contributed by atoms with van der Waals surface area (Å²) in [7, 11) is 1.81. The normalized spacial score (nSPS) is 17.8. The summed E-state index contributed by atoms with van der Waals surface area (Å²) in [5, 5.41) is 3.54. The Morgan fingerprint density at radius 1 is 1.35 bits per heavy atom. The van der Waals surface area contributed by atoms with Crippen molar-refractivity contribution in [3.8, 4) is 0 Å². The van der Waals surface area contributed by atoms with Crippen molar-refractivity contribution in [2.45, 2.75) is 25.8 Å². The van der Waals surface area contributed by atoms with Crippen LogP contribution in [0, 0.1) is 0 Å². The van der Waals surface area contributed by atoms with Gasteiger partial charge in [-0.2, -0.15) is 4.98 Å². The van der Waals surface area contributed by atoms with Gasteiger partial charge in [0.05, 0.1) is 6.20 Å². The first-order valence-electron chi connectivity index (χ1n) is 6.78. The Bertz CT molecular complexity index is 629. The molecular formula is C15H17ClN4. The Morgan fingerprint density at radius 3 is 2.95 bits per heavy atom. The number of aromatic nitrogens is 2. The molecule has 0 saturated heterocycles. The van der Waals surface area contributed by atoms with Crippen molar-refractivity contribution >= 4 is 29.1 Å². The molecule has 0 fully saturated rings. The monoisotopic (exact) mass is 288 g/mol. The Labute approximate surface area is 123 Å². The van der Waals surface area contributed by atoms with Crippen molar-refractivity contribution < 1.29 is 0 Å². The molecule has 5 heteroatoms. The average molecular weight is 289 g/mol. The zero-order valence-corrected chi connectivity index (χ0v) is 12.4. The largest absolute Gasteiger partial charge is 0.357 e. The van der Waals surface area contributed by atoms with Crippen LogP contribution in [0.3, 0.4) is 0 Å². The van der Waals surface area contributed by atoms with Gasteiger partial charge in [-0.1, -0.05) is 29.8 Å². The number of anilines is 3. The maximum Gasteiger partial charge on any atom is 0.224 e. The quantitative estimate of drug-likeness (QED) is 0.916. The fraction of sp³-hybridized carbons (Fsp3) is 0.333. The van der Waals surface area contributed by atoms with Gasteiger partial charge in [-0.05, 0) is 31.4 Å². The molecule has 0 saturated carbocycles. The maximum atomic E-state index is 6.32. The molecule has 1 atom stereocenters. The Morgan fingerprint density at radius 2 is 2.15 bits per heavy atom. The summed E-state index contributed by atoms with van der Waals surface area (Å²) in [6.07, 6.45) is 3.83. The predicted octanol–water partition coefficient (Wildman–Crippen LogP) is 3.64. The van der Waals surface area contributed by atoms with Crippen LogP contribution in [0.25, 0.3) is 0 Å². The van der Waals surface area contributed by atoms with E-state index in [1.54, 1.807) is 13.2 Å². The van der Waals surface area contributed by atoms with Gasteiger partial charge in [0.2, 0.25) is 5.95 Å². The fourth-order valence-corrected chi connectivity index (χ4v) is 2.84. The van der Waals surface area contributed by atoms with Gasteiger partial charge in [0.15, 0.2) is 5.82 Å². The molecule has 1 aliphatic rings. The number of hydrogen-bond acceptors (Lipinski definition) is 4. The minimum Gasteiger partial charge on any atom is -0.357 e. The van der Waals surface area contributed by atoms with Crippen molar-refractivity contribution in [2.24, 2.45) is 0 Å². The summed E-state index contributed by atoms with van der Waals surface area (Å²) >= 11 is 6.32. The minimum absolute atomic E-state index is 0.363. The third kappa shape index (κ3) is 2.20. The molecule has 3 rings (SSSR count). The lowest BCUT2D eigenvalue weighted by Crippen LogP contribution is -2.34. The van der Waals surface area contributed by atoms with E-state index in [1.165, 1.54) is 11.3 Å². The van der Waals surface area contributed by atoms with Crippen LogP contribution in [0.5, 0.6) is 0 Å². The van der Waals surface area contributed by atoms with Crippen LogP contribution in [0.1, 0.15) is 18.9 Å². The number of nitrogens with zero attached hydrogens (tertiary/aromatic N) is 3. The highest BCUT2D eigenvalue weighted by atomic mass is 35.5. The lowest BCUT2D eigenvalue weighted by Gasteiger charge is -2.36. The van der Waals surface area contributed by atoms with Gasteiger partial charge in [0.1, 0.15) is 5.02 Å². The van der Waals surface area contributed by atoms with Crippen molar-refractivity contribution in [2.75, 3.05) is 17.3 Å². The van der Waals surface area contributed by atoms with Crippen LogP contribution in [-0.4, -0.2) is 23.1 Å². The van der Waals surface area contributed by atoms with Gasteiger partial charge in [0, 0.05) is 18.8 Å². The number of nitrogens with one attached hydrogen (secondary N) is 1. The predicted molar refractivity (Wildman–Crippen MR) is 83.0 cm³/mol. The van der Waals surface area contributed by atoms with Gasteiger partial charge in [0.25, 0.3) is 0 Å². The number of rotatable bonds is 2. The molecule has 1 N–H and O–H groups in total. The number of fused-ring (bicyclic) bond motifs is 1. The van der Waals surface area contributed by atoms with Gasteiger partial charge >= 0.3 is 0 Å². The summed E-state index contributed by atoms with van der Waals surface area (Å²) < 4.78 is 0. The lowest BCUT2D eigenvalue weighted by molar-refractivity contribution is 0.613. The topological polar surface area (TPSA) is 41.1 Å². The third-order valence-corrected chi connectivity index (χ3v) is 3.97. The molecule has 104 valence electrons. The Hall–Kier alpha value is -1.81. The van der Waals surface area contributed by atoms with E-state index in [2.05, 4.69) is 51.4 Å². The third-order valence-electron chi connectivity index (χ3n) is 3.70. The van der Waals surface area contributed by atoms with Crippen LogP contribution in [0.15, 0.2) is 30.5 Å². The zero-order valence-electron chi connectivity index (χ0n) is 11.6. The zero-order chi connectivity index (χ0) is 14.1. The van der Waals surface area contributed by atoms with E-state index < -0.39 is 0 Å². The van der Waals surface area contributed by atoms with Crippen molar-refractivity contribution in [3.63, 3.8) is 0 Å². The van der Waals surface area contributed by atoms with Gasteiger partial charge in [-0.15, -0.1) is 0 Å². The maximum absolute atomic E-state index is 6.32. The smallest absolute Gasteiger partial charge is 0.224 e. The van der Waals surface area contributed by atoms with Crippen molar-refractivity contribution in [1.29, 1.82) is 0 Å². The summed E-state index contributed by atoms with van der Waals surface area (Å²) in [6.45, 7) is 2.20. The van der Waals surface area contributed by atoms with Gasteiger partial charge < -0.3 is 10.2 Å². The molecule has 4 nitrogen and oxygen atoms in total. The number of halogens is 1. The summed E-state index contributed by atoms with van der Waals surface area (Å²) in [5.41, 5.74) is 2.53. The van der Waals surface area contributed by atoms with Crippen molar-refractivity contribution in [1.82, 2.24) is 9.97 Å². The van der Waals surface area contributed by atoms with E-state index in [9.17, 15) is 0 Å². The Kier molecular flexibility index (Phi) is 3.49. The highest BCUT2D eigenvalue weighted by Gasteiger charge is 2.27. The van der Waals surface area contributed by atoms with Crippen molar-refractivity contribution in [3.05, 3.63) is 41.0 Å². The molecule has 1 aromatic heterocycles. The molecule has 1 unspecified atom stereocenters. The van der Waals surface area contributed by atoms with Gasteiger partial charge in [-0.25, -0.2) is 4.98 Å². The van der Waals surface area contributed by atoms with Crippen LogP contribution >= 0.6 is 11.6 Å². The van der Waals surface area contributed by atoms with Crippen LogP contribution in [0.4, 0.5) is 17.5 Å². The molecule has 20 heavy (non-hydrogen) atoms. The number of aryl methyl sites for hydroxylation is 1. The van der Waals surface area contributed by atoms with E-state index in [1.807, 2.05) is 0 Å². The highest BCUT2D eigenvalue weighted by Crippen LogP contribution is 2.38. The Balaban J connectivity index is 2.13. The summed E-state index contributed by atoms with van der Waals surface area (Å²) in [4.78, 5) is 10.9. The number of para-hydroxylation sites is 1. The first kappa shape index (κ1) is 13.2. The molecule has 0 bridgehead atoms. The van der Waals surface area contributed by atoms with Gasteiger partial charge in [-0.3, -0.25) is 0 Å². The van der Waals surface area contributed by atoms with Crippen LogP contribution in [-0.2, 0) is 6.42 Å². The van der Waals surface area contributed by atoms with E-state index in [0.29, 0.717) is 17.0 Å². The molecule has 1 aromatic carbocycles. The van der Waals surface area contributed by atoms with E-state index >= 15 is 0 Å². The number of hydrogen-bond donors (Lipinski definition) is 1. The first-order chi connectivity index (χ1) is 9.70. The molecule has 0 spiro atoms. The minimum atomic E-state index is 0.363. The van der Waals surface area contributed by atoms with E-state index in [4.69, 9.17) is 11.6 Å². The first-order valence-corrected chi connectivity index (χ1v) is 7.16. The second-order valence-corrected chi connectivity index (χ2v) is 5.41. The highest BCUT2D eigenvalue weighted by molar-refractivity contribution is 6.33. The molecule has 0 radical (unpaired) electrons. The standard InChI is InChI=1S/C15H17ClN4/c1-10-7-8-11-5-3-4-6-13(11)20(10)14-12(16)9-18-15(17-2)19-14/h3-6,9-10H,7-8H2,1-2H3,(H,17,18,19). The molecule has 1 aliphatic heterocycles. The molecule has 0 aliphatic carbocycles. The molecule has 0 amide bonds. The van der Waals surface area contributed by atoms with Crippen LogP contribution in [0.2, 0.25) is 5.02 Å². The lowest BCUT2D eigenvalue weighted by atomic mass is 9.97. The molecule has 2 aromatic rings. The molecular weight excluding hydrogens is 272 g/mol. The van der Waals surface area contributed by atoms with E-state index in [-0.39, 0.29) is 0 Å². The molecule has 2 heterocycles. The number of benzene rings is 1. The fourth-order valence-electron chi connectivity index (χ4n) is 2.66. The summed E-state index contributed by atoms with van der Waals surface area (Å²) in [6, 6.07) is 8.79. The van der Waals surface area contributed by atoms with Crippen LogP contribution < -0.4 is 10.2 Å². The van der Waals surface area contributed by atoms with E-state index in [0.717, 1.165) is 18.7 Å². The summed E-state index contributed by atoms with van der Waals surface area (Å²) in [5.74, 6) is 1.35. The SMILES string of the molecule is CNc1ncc(Cl)c(N2c3ccccc3CCC2C)n1. The second kappa shape index (κ2) is 5.29.